The van der Waals surface area contributed by atoms with Crippen molar-refractivity contribution in [3.8, 4) is 0 Å². The fourth-order valence-corrected chi connectivity index (χ4v) is 2.03. The number of likely N-dealkylation sites (N-methyl/N-ethyl adjacent to an activating group) is 1. The van der Waals surface area contributed by atoms with Crippen molar-refractivity contribution in [1.29, 1.82) is 0 Å². The summed E-state index contributed by atoms with van der Waals surface area (Å²) in [5, 5.41) is 2.43. The number of ether oxygens (including phenoxy) is 1. The predicted molar refractivity (Wildman–Crippen MR) is 88.5 cm³/mol. The minimum Gasteiger partial charge on any atom is -0.399 e. The summed E-state index contributed by atoms with van der Waals surface area (Å²) in [6.45, 7) is 7.24. The molecule has 2 amide bonds. The molecule has 1 aromatic carbocycles. The van der Waals surface area contributed by atoms with Crippen LogP contribution < -0.4 is 16.0 Å². The summed E-state index contributed by atoms with van der Waals surface area (Å²) < 4.78 is 5.14. The molecule has 3 N–H and O–H groups in total. The Labute approximate surface area is 130 Å². The van der Waals surface area contributed by atoms with Gasteiger partial charge in [0.2, 0.25) is 5.91 Å². The molecule has 0 atom stereocenters. The van der Waals surface area contributed by atoms with Crippen LogP contribution in [0.5, 0.6) is 0 Å². The van der Waals surface area contributed by atoms with E-state index in [1.54, 1.807) is 29.2 Å². The van der Waals surface area contributed by atoms with E-state index >= 15 is 0 Å². The number of carbonyl (C=O) groups excluding carboxylic acids is 2. The lowest BCUT2D eigenvalue weighted by molar-refractivity contribution is -0.129. The Kier molecular flexibility index (Phi) is 6.59. The largest absolute Gasteiger partial charge is 0.399 e. The molecule has 0 unspecified atom stereocenters. The van der Waals surface area contributed by atoms with Gasteiger partial charge in [0.05, 0.1) is 5.69 Å². The van der Waals surface area contributed by atoms with E-state index in [4.69, 9.17) is 10.5 Å². The SMILES string of the molecule is C=Cc1cc(N)ccc1N(C(=O)COCC(=O)NC)C(C)C. The van der Waals surface area contributed by atoms with E-state index in [2.05, 4.69) is 11.9 Å². The van der Waals surface area contributed by atoms with Crippen molar-refractivity contribution < 1.29 is 14.3 Å². The molecule has 0 aromatic heterocycles. The molecule has 0 radical (unpaired) electrons. The van der Waals surface area contributed by atoms with Crippen LogP contribution in [0, 0.1) is 0 Å². The van der Waals surface area contributed by atoms with Crippen molar-refractivity contribution in [2.75, 3.05) is 30.9 Å². The summed E-state index contributed by atoms with van der Waals surface area (Å²) in [7, 11) is 1.51. The molecule has 0 saturated carbocycles. The van der Waals surface area contributed by atoms with Gasteiger partial charge < -0.3 is 20.7 Å². The van der Waals surface area contributed by atoms with Crippen LogP contribution in [0.3, 0.4) is 0 Å². The minimum atomic E-state index is -0.275. The number of nitrogen functional groups attached to an aromatic ring is 1. The first kappa shape index (κ1) is 17.7. The first-order valence-corrected chi connectivity index (χ1v) is 7.03. The van der Waals surface area contributed by atoms with E-state index in [-0.39, 0.29) is 31.1 Å². The van der Waals surface area contributed by atoms with Gasteiger partial charge in [0.1, 0.15) is 13.2 Å². The van der Waals surface area contributed by atoms with E-state index in [9.17, 15) is 9.59 Å². The Hall–Kier alpha value is -2.34. The van der Waals surface area contributed by atoms with Gasteiger partial charge in [-0.3, -0.25) is 9.59 Å². The van der Waals surface area contributed by atoms with Crippen LogP contribution in [0.2, 0.25) is 0 Å². The number of rotatable bonds is 7. The third kappa shape index (κ3) is 4.60. The van der Waals surface area contributed by atoms with Crippen molar-refractivity contribution in [3.63, 3.8) is 0 Å². The van der Waals surface area contributed by atoms with Gasteiger partial charge in [0.15, 0.2) is 0 Å². The molecule has 0 aliphatic carbocycles. The van der Waals surface area contributed by atoms with Crippen LogP contribution in [0.15, 0.2) is 24.8 Å². The van der Waals surface area contributed by atoms with Crippen molar-refractivity contribution in [2.24, 2.45) is 0 Å². The van der Waals surface area contributed by atoms with Crippen LogP contribution in [0.25, 0.3) is 6.08 Å². The van der Waals surface area contributed by atoms with Gasteiger partial charge in [0, 0.05) is 18.8 Å². The summed E-state index contributed by atoms with van der Waals surface area (Å²) in [5.74, 6) is -0.505. The maximum absolute atomic E-state index is 12.4. The quantitative estimate of drug-likeness (QED) is 0.746. The summed E-state index contributed by atoms with van der Waals surface area (Å²) in [6, 6.07) is 5.20. The highest BCUT2D eigenvalue weighted by Crippen LogP contribution is 2.26. The second kappa shape index (κ2) is 8.19. The van der Waals surface area contributed by atoms with Crippen LogP contribution in [0.4, 0.5) is 11.4 Å². The van der Waals surface area contributed by atoms with Gasteiger partial charge in [-0.1, -0.05) is 12.7 Å². The molecule has 6 nitrogen and oxygen atoms in total. The third-order valence-corrected chi connectivity index (χ3v) is 3.05. The topological polar surface area (TPSA) is 84.7 Å². The van der Waals surface area contributed by atoms with Gasteiger partial charge in [0.25, 0.3) is 5.91 Å². The average Bonchev–Trinajstić information content (AvgIpc) is 2.48. The lowest BCUT2D eigenvalue weighted by Crippen LogP contribution is -2.40. The molecule has 0 heterocycles. The number of benzene rings is 1. The average molecular weight is 305 g/mol. The molecule has 1 rings (SSSR count). The third-order valence-electron chi connectivity index (χ3n) is 3.05. The second-order valence-electron chi connectivity index (χ2n) is 5.05. The zero-order valence-electron chi connectivity index (χ0n) is 13.3. The molecule has 120 valence electrons. The molecule has 0 spiro atoms. The summed E-state index contributed by atoms with van der Waals surface area (Å²) in [4.78, 5) is 25.1. The predicted octanol–water partition coefficient (Wildman–Crippen LogP) is 1.42. The van der Waals surface area contributed by atoms with Crippen molar-refractivity contribution in [3.05, 3.63) is 30.3 Å². The number of nitrogens with one attached hydrogen (secondary N) is 1. The Morgan fingerprint density at radius 1 is 1.41 bits per heavy atom. The molecule has 0 aliphatic rings. The highest BCUT2D eigenvalue weighted by molar-refractivity contribution is 5.97. The van der Waals surface area contributed by atoms with Crippen LogP contribution in [-0.4, -0.2) is 38.1 Å². The van der Waals surface area contributed by atoms with Gasteiger partial charge in [-0.25, -0.2) is 0 Å². The zero-order chi connectivity index (χ0) is 16.7. The minimum absolute atomic E-state index is 0.0709. The smallest absolute Gasteiger partial charge is 0.253 e. The van der Waals surface area contributed by atoms with E-state index in [1.165, 1.54) is 7.05 Å². The number of nitrogens with two attached hydrogens (primary N) is 1. The second-order valence-corrected chi connectivity index (χ2v) is 5.05. The van der Waals surface area contributed by atoms with Gasteiger partial charge in [-0.05, 0) is 37.6 Å². The van der Waals surface area contributed by atoms with Crippen molar-refractivity contribution in [2.45, 2.75) is 19.9 Å². The number of hydrogen-bond acceptors (Lipinski definition) is 4. The van der Waals surface area contributed by atoms with E-state index in [0.717, 1.165) is 5.56 Å². The molecule has 0 aliphatic heterocycles. The van der Waals surface area contributed by atoms with Gasteiger partial charge in [-0.15, -0.1) is 0 Å². The fraction of sp³-hybridized carbons (Fsp3) is 0.375. The molecule has 0 bridgehead atoms. The maximum Gasteiger partial charge on any atom is 0.253 e. The van der Waals surface area contributed by atoms with Gasteiger partial charge >= 0.3 is 0 Å². The number of anilines is 2. The fourth-order valence-electron chi connectivity index (χ4n) is 2.03. The zero-order valence-corrected chi connectivity index (χ0v) is 13.3. The summed E-state index contributed by atoms with van der Waals surface area (Å²) >= 11 is 0. The lowest BCUT2D eigenvalue weighted by atomic mass is 10.1. The molecule has 6 heteroatoms. The van der Waals surface area contributed by atoms with Crippen LogP contribution >= 0.6 is 0 Å². The molecule has 0 saturated heterocycles. The van der Waals surface area contributed by atoms with Crippen molar-refractivity contribution in [1.82, 2.24) is 5.32 Å². The molecular formula is C16H23N3O3. The highest BCUT2D eigenvalue weighted by Gasteiger charge is 2.21. The summed E-state index contributed by atoms with van der Waals surface area (Å²) in [5.41, 5.74) is 7.85. The molecular weight excluding hydrogens is 282 g/mol. The normalized spacial score (nSPS) is 10.4. The standard InChI is InChI=1S/C16H23N3O3/c1-5-12-8-13(17)6-7-14(12)19(11(2)3)16(21)10-22-9-15(20)18-4/h5-8,11H,1,9-10,17H2,2-4H3,(H,18,20). The Bertz CT molecular complexity index is 556. The first-order valence-electron chi connectivity index (χ1n) is 7.03. The lowest BCUT2D eigenvalue weighted by Gasteiger charge is -2.28. The van der Waals surface area contributed by atoms with Gasteiger partial charge in [-0.2, -0.15) is 0 Å². The number of hydrogen-bond donors (Lipinski definition) is 2. The number of carbonyl (C=O) groups is 2. The van der Waals surface area contributed by atoms with E-state index in [0.29, 0.717) is 11.4 Å². The van der Waals surface area contributed by atoms with Crippen molar-refractivity contribution >= 4 is 29.3 Å². The highest BCUT2D eigenvalue weighted by atomic mass is 16.5. The van der Waals surface area contributed by atoms with E-state index in [1.807, 2.05) is 13.8 Å². The Balaban J connectivity index is 2.92. The maximum atomic E-state index is 12.4. The monoisotopic (exact) mass is 305 g/mol. The first-order chi connectivity index (χ1) is 10.4. The Morgan fingerprint density at radius 3 is 2.64 bits per heavy atom. The molecule has 1 aromatic rings. The van der Waals surface area contributed by atoms with E-state index < -0.39 is 0 Å². The number of amides is 2. The van der Waals surface area contributed by atoms with Crippen LogP contribution in [0.1, 0.15) is 19.4 Å². The molecule has 0 fully saturated rings. The summed E-state index contributed by atoms with van der Waals surface area (Å²) in [6.07, 6.45) is 1.65. The molecule has 22 heavy (non-hydrogen) atoms. The Morgan fingerprint density at radius 2 is 2.09 bits per heavy atom. The van der Waals surface area contributed by atoms with Crippen LogP contribution in [-0.2, 0) is 14.3 Å². The number of nitrogens with zero attached hydrogens (tertiary/aromatic N) is 1.